The van der Waals surface area contributed by atoms with Gasteiger partial charge in [-0.3, -0.25) is 0 Å². The summed E-state index contributed by atoms with van der Waals surface area (Å²) in [5.41, 5.74) is 2.09. The van der Waals surface area contributed by atoms with Crippen molar-refractivity contribution in [2.45, 2.75) is 51.2 Å². The van der Waals surface area contributed by atoms with Crippen LogP contribution < -0.4 is 9.47 Å². The van der Waals surface area contributed by atoms with Gasteiger partial charge in [-0.25, -0.2) is 4.79 Å². The van der Waals surface area contributed by atoms with Gasteiger partial charge in [-0.15, -0.1) is 0 Å². The summed E-state index contributed by atoms with van der Waals surface area (Å²) in [6.45, 7) is 6.51. The molecule has 0 spiro atoms. The van der Waals surface area contributed by atoms with E-state index in [0.717, 1.165) is 18.4 Å². The molecule has 1 fully saturated rings. The Hall–Kier alpha value is -2.73. The Labute approximate surface area is 190 Å². The van der Waals surface area contributed by atoms with Gasteiger partial charge in [0.25, 0.3) is 0 Å². The van der Waals surface area contributed by atoms with Gasteiger partial charge in [-0.05, 0) is 42.7 Å². The molecular formula is C26H33NO5. The van der Waals surface area contributed by atoms with Gasteiger partial charge in [0.15, 0.2) is 11.5 Å². The number of benzene rings is 2. The van der Waals surface area contributed by atoms with Crippen LogP contribution in [0.1, 0.15) is 43.4 Å². The van der Waals surface area contributed by atoms with E-state index < -0.39 is 11.0 Å². The Morgan fingerprint density at radius 2 is 1.75 bits per heavy atom. The van der Waals surface area contributed by atoms with Crippen molar-refractivity contribution in [1.29, 1.82) is 0 Å². The SMILES string of the molecule is COC(=O)N1CC(c2ccc(OC)c(OC3Cc4ccccc4C3)c2)C(C)(C(C)(C)O)C1. The van der Waals surface area contributed by atoms with Gasteiger partial charge >= 0.3 is 6.09 Å². The summed E-state index contributed by atoms with van der Waals surface area (Å²) in [4.78, 5) is 14.0. The van der Waals surface area contributed by atoms with Gasteiger partial charge in [-0.1, -0.05) is 37.3 Å². The molecule has 2 aromatic rings. The minimum absolute atomic E-state index is 0.0485. The van der Waals surface area contributed by atoms with Crippen molar-refractivity contribution in [3.63, 3.8) is 0 Å². The Bertz CT molecular complexity index is 973. The number of likely N-dealkylation sites (tertiary alicyclic amines) is 1. The third kappa shape index (κ3) is 3.92. The fraction of sp³-hybridized carbons (Fsp3) is 0.500. The van der Waals surface area contributed by atoms with Crippen LogP contribution in [0.4, 0.5) is 4.79 Å². The van der Waals surface area contributed by atoms with E-state index in [2.05, 4.69) is 24.3 Å². The van der Waals surface area contributed by atoms with Crippen molar-refractivity contribution in [1.82, 2.24) is 4.90 Å². The summed E-state index contributed by atoms with van der Waals surface area (Å²) in [7, 11) is 3.02. The smallest absolute Gasteiger partial charge is 0.409 e. The fourth-order valence-corrected chi connectivity index (χ4v) is 5.14. The van der Waals surface area contributed by atoms with Crippen molar-refractivity contribution in [2.24, 2.45) is 5.41 Å². The van der Waals surface area contributed by atoms with E-state index in [1.54, 1.807) is 25.9 Å². The summed E-state index contributed by atoms with van der Waals surface area (Å²) in [5, 5.41) is 11.0. The van der Waals surface area contributed by atoms with E-state index in [9.17, 15) is 9.90 Å². The van der Waals surface area contributed by atoms with E-state index in [-0.39, 0.29) is 18.1 Å². The number of nitrogens with zero attached hydrogens (tertiary/aromatic N) is 1. The number of hydrogen-bond donors (Lipinski definition) is 1. The van der Waals surface area contributed by atoms with E-state index in [1.807, 2.05) is 25.1 Å². The van der Waals surface area contributed by atoms with Crippen LogP contribution >= 0.6 is 0 Å². The molecule has 1 aliphatic heterocycles. The molecule has 2 aliphatic rings. The average molecular weight is 440 g/mol. The lowest BCUT2D eigenvalue weighted by molar-refractivity contribution is -0.0468. The predicted molar refractivity (Wildman–Crippen MR) is 122 cm³/mol. The highest BCUT2D eigenvalue weighted by Crippen LogP contribution is 2.50. The zero-order valence-corrected chi connectivity index (χ0v) is 19.6. The van der Waals surface area contributed by atoms with Crippen LogP contribution in [0.5, 0.6) is 11.5 Å². The molecule has 1 heterocycles. The van der Waals surface area contributed by atoms with E-state index >= 15 is 0 Å². The average Bonchev–Trinajstić information content (AvgIpc) is 3.34. The van der Waals surface area contributed by atoms with Crippen LogP contribution in [-0.4, -0.2) is 55.1 Å². The zero-order chi connectivity index (χ0) is 23.1. The van der Waals surface area contributed by atoms with Crippen LogP contribution in [0.3, 0.4) is 0 Å². The van der Waals surface area contributed by atoms with Gasteiger partial charge in [0.2, 0.25) is 0 Å². The first-order valence-corrected chi connectivity index (χ1v) is 11.1. The van der Waals surface area contributed by atoms with Gasteiger partial charge < -0.3 is 24.2 Å². The number of rotatable bonds is 5. The van der Waals surface area contributed by atoms with Crippen molar-refractivity contribution in [2.75, 3.05) is 27.3 Å². The van der Waals surface area contributed by atoms with Crippen molar-refractivity contribution in [3.8, 4) is 11.5 Å². The fourth-order valence-electron chi connectivity index (χ4n) is 5.14. The van der Waals surface area contributed by atoms with E-state index in [0.29, 0.717) is 24.6 Å². The van der Waals surface area contributed by atoms with E-state index in [1.165, 1.54) is 18.2 Å². The Morgan fingerprint density at radius 1 is 1.09 bits per heavy atom. The molecule has 0 bridgehead atoms. The molecule has 2 atom stereocenters. The summed E-state index contributed by atoms with van der Waals surface area (Å²) in [5.74, 6) is 1.28. The molecule has 1 saturated heterocycles. The number of carbonyl (C=O) groups excluding carboxylic acids is 1. The molecule has 172 valence electrons. The van der Waals surface area contributed by atoms with Crippen LogP contribution in [0.15, 0.2) is 42.5 Å². The standard InChI is InChI=1S/C26H33NO5/c1-25(2,29)26(3)16-27(24(28)31-5)15-21(26)19-10-11-22(30-4)23(14-19)32-20-12-17-8-6-7-9-18(17)13-20/h6-11,14,20-21,29H,12-13,15-16H2,1-5H3. The Balaban J connectivity index is 1.64. The second kappa shape index (κ2) is 8.32. The monoisotopic (exact) mass is 439 g/mol. The number of amides is 1. The minimum Gasteiger partial charge on any atom is -0.493 e. The topological polar surface area (TPSA) is 68.2 Å². The molecule has 32 heavy (non-hydrogen) atoms. The molecule has 1 aliphatic carbocycles. The summed E-state index contributed by atoms with van der Waals surface area (Å²) in [6.07, 6.45) is 1.40. The molecule has 2 aromatic carbocycles. The first kappa shape index (κ1) is 22.5. The highest BCUT2D eigenvalue weighted by atomic mass is 16.5. The lowest BCUT2D eigenvalue weighted by atomic mass is 9.66. The lowest BCUT2D eigenvalue weighted by Crippen LogP contribution is -2.46. The first-order chi connectivity index (χ1) is 15.2. The molecule has 1 N–H and O–H groups in total. The maximum absolute atomic E-state index is 12.3. The largest absolute Gasteiger partial charge is 0.493 e. The molecule has 4 rings (SSSR count). The third-order valence-corrected chi connectivity index (χ3v) is 7.42. The minimum atomic E-state index is -1.01. The first-order valence-electron chi connectivity index (χ1n) is 11.1. The Morgan fingerprint density at radius 3 is 2.31 bits per heavy atom. The second-order valence-corrected chi connectivity index (χ2v) is 9.71. The molecule has 0 radical (unpaired) electrons. The lowest BCUT2D eigenvalue weighted by Gasteiger charge is -2.41. The van der Waals surface area contributed by atoms with E-state index in [4.69, 9.17) is 14.2 Å². The van der Waals surface area contributed by atoms with Gasteiger partial charge in [0, 0.05) is 37.3 Å². The normalized spacial score (nSPS) is 23.2. The highest BCUT2D eigenvalue weighted by Gasteiger charge is 2.53. The van der Waals surface area contributed by atoms with Crippen LogP contribution in [-0.2, 0) is 17.6 Å². The molecule has 0 saturated carbocycles. The summed E-state index contributed by atoms with van der Waals surface area (Å²) in [6, 6.07) is 14.4. The van der Waals surface area contributed by atoms with Crippen LogP contribution in [0.25, 0.3) is 0 Å². The molecule has 1 amide bonds. The molecule has 6 nitrogen and oxygen atoms in total. The molecule has 0 aromatic heterocycles. The van der Waals surface area contributed by atoms with Crippen molar-refractivity contribution in [3.05, 3.63) is 59.2 Å². The third-order valence-electron chi connectivity index (χ3n) is 7.42. The molecule has 6 heteroatoms. The zero-order valence-electron chi connectivity index (χ0n) is 19.6. The van der Waals surface area contributed by atoms with Crippen molar-refractivity contribution >= 4 is 6.09 Å². The number of aliphatic hydroxyl groups is 1. The molecular weight excluding hydrogens is 406 g/mol. The number of fused-ring (bicyclic) bond motifs is 1. The van der Waals surface area contributed by atoms with Gasteiger partial charge in [0.05, 0.1) is 19.8 Å². The van der Waals surface area contributed by atoms with Crippen LogP contribution in [0, 0.1) is 5.41 Å². The Kier molecular flexibility index (Phi) is 5.84. The number of hydrogen-bond acceptors (Lipinski definition) is 5. The van der Waals surface area contributed by atoms with Gasteiger partial charge in [0.1, 0.15) is 6.10 Å². The van der Waals surface area contributed by atoms with Gasteiger partial charge in [-0.2, -0.15) is 0 Å². The molecule has 2 unspecified atom stereocenters. The summed E-state index contributed by atoms with van der Waals surface area (Å²) >= 11 is 0. The number of ether oxygens (including phenoxy) is 3. The number of methoxy groups -OCH3 is 2. The quantitative estimate of drug-likeness (QED) is 0.757. The summed E-state index contributed by atoms with van der Waals surface area (Å²) < 4.78 is 17.0. The number of carbonyl (C=O) groups is 1. The maximum Gasteiger partial charge on any atom is 0.409 e. The van der Waals surface area contributed by atoms with Crippen molar-refractivity contribution < 1.29 is 24.1 Å². The van der Waals surface area contributed by atoms with Crippen LogP contribution in [0.2, 0.25) is 0 Å². The second-order valence-electron chi connectivity index (χ2n) is 9.71. The predicted octanol–water partition coefficient (Wildman–Crippen LogP) is 4.18. The maximum atomic E-state index is 12.3. The highest BCUT2D eigenvalue weighted by molar-refractivity contribution is 5.68.